The third-order valence-corrected chi connectivity index (χ3v) is 6.61. The van der Waals surface area contributed by atoms with E-state index in [4.69, 9.17) is 0 Å². The van der Waals surface area contributed by atoms with Crippen molar-refractivity contribution in [3.05, 3.63) is 35.9 Å². The standard InChI is InChI=1S/C22H31N3O2/c1-23(18-9-5-6-10-18)16-21(26)24-11-13-25(14-12-24)22(27)20-15-19(20)17-7-3-2-4-8-17/h2-4,7-8,18-20H,5-6,9-16H2,1H3/t19-,20?/m1/s1. The van der Waals surface area contributed by atoms with Crippen molar-refractivity contribution in [2.75, 3.05) is 39.8 Å². The fourth-order valence-electron chi connectivity index (χ4n) is 4.73. The van der Waals surface area contributed by atoms with Gasteiger partial charge in [0.25, 0.3) is 0 Å². The Bertz CT molecular complexity index is 663. The highest BCUT2D eigenvalue weighted by Crippen LogP contribution is 2.48. The van der Waals surface area contributed by atoms with Crippen LogP contribution in [0.2, 0.25) is 0 Å². The minimum absolute atomic E-state index is 0.142. The van der Waals surface area contributed by atoms with Gasteiger partial charge in [-0.1, -0.05) is 43.2 Å². The zero-order valence-electron chi connectivity index (χ0n) is 16.3. The van der Waals surface area contributed by atoms with Crippen LogP contribution in [0.4, 0.5) is 0 Å². The van der Waals surface area contributed by atoms with E-state index in [1.165, 1.54) is 31.2 Å². The van der Waals surface area contributed by atoms with Crippen LogP contribution in [0.25, 0.3) is 0 Å². The van der Waals surface area contributed by atoms with Crippen molar-refractivity contribution in [2.24, 2.45) is 5.92 Å². The van der Waals surface area contributed by atoms with Gasteiger partial charge in [-0.05, 0) is 37.8 Å². The molecule has 146 valence electrons. The molecule has 1 unspecified atom stereocenters. The largest absolute Gasteiger partial charge is 0.339 e. The van der Waals surface area contributed by atoms with Gasteiger partial charge in [0.05, 0.1) is 6.54 Å². The van der Waals surface area contributed by atoms with Crippen molar-refractivity contribution in [3.63, 3.8) is 0 Å². The van der Waals surface area contributed by atoms with E-state index in [-0.39, 0.29) is 17.7 Å². The SMILES string of the molecule is CN(CC(=O)N1CCN(C(=O)C2C[C@@H]2c2ccccc2)CC1)C1CCCC1. The third kappa shape index (κ3) is 4.18. The molecular formula is C22H31N3O2. The number of likely N-dealkylation sites (N-methyl/N-ethyl adjacent to an activating group) is 1. The van der Waals surface area contributed by atoms with Crippen LogP contribution in [-0.4, -0.2) is 72.3 Å². The molecule has 1 aromatic carbocycles. The summed E-state index contributed by atoms with van der Waals surface area (Å²) in [6, 6.07) is 10.9. The quantitative estimate of drug-likeness (QED) is 0.800. The van der Waals surface area contributed by atoms with Gasteiger partial charge in [-0.15, -0.1) is 0 Å². The molecule has 1 saturated heterocycles. The van der Waals surface area contributed by atoms with Crippen molar-refractivity contribution < 1.29 is 9.59 Å². The van der Waals surface area contributed by atoms with Crippen LogP contribution in [0.3, 0.4) is 0 Å². The number of amides is 2. The Balaban J connectivity index is 1.23. The van der Waals surface area contributed by atoms with E-state index < -0.39 is 0 Å². The van der Waals surface area contributed by atoms with E-state index in [2.05, 4.69) is 24.1 Å². The molecule has 3 aliphatic rings. The minimum Gasteiger partial charge on any atom is -0.339 e. The predicted molar refractivity (Wildman–Crippen MR) is 105 cm³/mol. The van der Waals surface area contributed by atoms with Crippen LogP contribution in [0.15, 0.2) is 30.3 Å². The molecule has 2 aliphatic carbocycles. The Kier molecular flexibility index (Phi) is 5.48. The first-order chi connectivity index (χ1) is 13.1. The predicted octanol–water partition coefficient (Wildman–Crippen LogP) is 2.34. The zero-order chi connectivity index (χ0) is 18.8. The van der Waals surface area contributed by atoms with Crippen molar-refractivity contribution in [3.8, 4) is 0 Å². The van der Waals surface area contributed by atoms with E-state index in [1.807, 2.05) is 28.0 Å². The third-order valence-electron chi connectivity index (χ3n) is 6.61. The normalized spacial score (nSPS) is 25.9. The monoisotopic (exact) mass is 369 g/mol. The summed E-state index contributed by atoms with van der Waals surface area (Å²) in [4.78, 5) is 31.5. The lowest BCUT2D eigenvalue weighted by atomic mass is 10.1. The van der Waals surface area contributed by atoms with E-state index in [1.54, 1.807) is 0 Å². The molecule has 0 aromatic heterocycles. The second-order valence-electron chi connectivity index (χ2n) is 8.42. The van der Waals surface area contributed by atoms with Crippen LogP contribution >= 0.6 is 0 Å². The lowest BCUT2D eigenvalue weighted by molar-refractivity contribution is -0.141. The molecule has 2 amide bonds. The summed E-state index contributed by atoms with van der Waals surface area (Å²) in [7, 11) is 2.07. The zero-order valence-corrected chi connectivity index (χ0v) is 16.3. The lowest BCUT2D eigenvalue weighted by Gasteiger charge is -2.36. The molecule has 0 bridgehead atoms. The van der Waals surface area contributed by atoms with Crippen LogP contribution in [0, 0.1) is 5.92 Å². The van der Waals surface area contributed by atoms with Gasteiger partial charge in [-0.3, -0.25) is 14.5 Å². The highest BCUT2D eigenvalue weighted by atomic mass is 16.2. The first-order valence-electron chi connectivity index (χ1n) is 10.4. The van der Waals surface area contributed by atoms with Crippen molar-refractivity contribution in [1.82, 2.24) is 14.7 Å². The molecule has 2 saturated carbocycles. The molecule has 1 heterocycles. The Morgan fingerprint density at radius 3 is 2.30 bits per heavy atom. The molecule has 2 atom stereocenters. The van der Waals surface area contributed by atoms with Crippen molar-refractivity contribution in [2.45, 2.75) is 44.1 Å². The highest BCUT2D eigenvalue weighted by Gasteiger charge is 2.46. The number of hydrogen-bond acceptors (Lipinski definition) is 3. The number of benzene rings is 1. The Hall–Kier alpha value is -1.88. The second kappa shape index (κ2) is 8.01. The second-order valence-corrected chi connectivity index (χ2v) is 8.42. The van der Waals surface area contributed by atoms with Gasteiger partial charge < -0.3 is 9.80 Å². The Morgan fingerprint density at radius 2 is 1.63 bits per heavy atom. The first kappa shape index (κ1) is 18.5. The molecule has 1 aromatic rings. The lowest BCUT2D eigenvalue weighted by Crippen LogP contribution is -2.53. The van der Waals surface area contributed by atoms with E-state index in [0.717, 1.165) is 6.42 Å². The van der Waals surface area contributed by atoms with Gasteiger partial charge in [0, 0.05) is 38.1 Å². The number of carbonyl (C=O) groups is 2. The van der Waals surface area contributed by atoms with E-state index in [0.29, 0.717) is 44.7 Å². The minimum atomic E-state index is 0.142. The molecule has 3 fully saturated rings. The summed E-state index contributed by atoms with van der Waals surface area (Å²) in [5.41, 5.74) is 1.28. The van der Waals surface area contributed by atoms with Gasteiger partial charge in [0.2, 0.25) is 11.8 Å². The van der Waals surface area contributed by atoms with Crippen LogP contribution in [0.5, 0.6) is 0 Å². The summed E-state index contributed by atoms with van der Waals surface area (Å²) in [5, 5.41) is 0. The molecule has 0 N–H and O–H groups in total. The van der Waals surface area contributed by atoms with Gasteiger partial charge >= 0.3 is 0 Å². The average Bonchev–Trinajstić information content (AvgIpc) is 3.31. The summed E-state index contributed by atoms with van der Waals surface area (Å²) < 4.78 is 0. The molecule has 1 aliphatic heterocycles. The smallest absolute Gasteiger partial charge is 0.236 e. The maximum absolute atomic E-state index is 12.8. The van der Waals surface area contributed by atoms with Crippen LogP contribution < -0.4 is 0 Å². The maximum atomic E-state index is 12.8. The number of nitrogens with zero attached hydrogens (tertiary/aromatic N) is 3. The molecule has 5 heteroatoms. The number of rotatable bonds is 5. The molecule has 4 rings (SSSR count). The van der Waals surface area contributed by atoms with Crippen LogP contribution in [0.1, 0.15) is 43.6 Å². The highest BCUT2D eigenvalue weighted by molar-refractivity contribution is 5.84. The fourth-order valence-corrected chi connectivity index (χ4v) is 4.73. The molecule has 27 heavy (non-hydrogen) atoms. The Labute approximate surface area is 162 Å². The molecular weight excluding hydrogens is 338 g/mol. The molecule has 0 spiro atoms. The molecule has 0 radical (unpaired) electrons. The average molecular weight is 370 g/mol. The summed E-state index contributed by atoms with van der Waals surface area (Å²) >= 11 is 0. The summed E-state index contributed by atoms with van der Waals surface area (Å²) in [6.07, 6.45) is 5.98. The van der Waals surface area contributed by atoms with Crippen molar-refractivity contribution >= 4 is 11.8 Å². The number of piperazine rings is 1. The van der Waals surface area contributed by atoms with Gasteiger partial charge in [-0.2, -0.15) is 0 Å². The fraction of sp³-hybridized carbons (Fsp3) is 0.636. The van der Waals surface area contributed by atoms with Gasteiger partial charge in [0.15, 0.2) is 0 Å². The Morgan fingerprint density at radius 1 is 1.00 bits per heavy atom. The first-order valence-corrected chi connectivity index (χ1v) is 10.4. The summed E-state index contributed by atoms with van der Waals surface area (Å²) in [5.74, 6) is 1.02. The maximum Gasteiger partial charge on any atom is 0.236 e. The van der Waals surface area contributed by atoms with Gasteiger partial charge in [-0.25, -0.2) is 0 Å². The number of hydrogen-bond donors (Lipinski definition) is 0. The molecule has 5 nitrogen and oxygen atoms in total. The van der Waals surface area contributed by atoms with Crippen LogP contribution in [-0.2, 0) is 9.59 Å². The van der Waals surface area contributed by atoms with Gasteiger partial charge in [0.1, 0.15) is 0 Å². The van der Waals surface area contributed by atoms with E-state index >= 15 is 0 Å². The summed E-state index contributed by atoms with van der Waals surface area (Å²) in [6.45, 7) is 3.21. The van der Waals surface area contributed by atoms with Crippen molar-refractivity contribution in [1.29, 1.82) is 0 Å². The topological polar surface area (TPSA) is 43.9 Å². The van der Waals surface area contributed by atoms with E-state index in [9.17, 15) is 9.59 Å². The number of carbonyl (C=O) groups excluding carboxylic acids is 2.